The number of hydrogen-bond donors (Lipinski definition) is 1. The Bertz CT molecular complexity index is 627. The predicted molar refractivity (Wildman–Crippen MR) is 155 cm³/mol. The Morgan fingerprint density at radius 2 is 1.23 bits per heavy atom. The number of nitrogen functional groups attached to an aromatic ring is 1. The highest BCUT2D eigenvalue weighted by Gasteiger charge is 2.21. The van der Waals surface area contributed by atoms with Gasteiger partial charge in [-0.05, 0) is 70.1 Å². The Labute approximate surface area is 218 Å². The summed E-state index contributed by atoms with van der Waals surface area (Å²) in [5, 5.41) is 0. The van der Waals surface area contributed by atoms with Crippen LogP contribution < -0.4 is 10.6 Å². The van der Waals surface area contributed by atoms with Crippen LogP contribution in [0.1, 0.15) is 130 Å². The van der Waals surface area contributed by atoms with E-state index >= 15 is 0 Å². The van der Waals surface area contributed by atoms with Gasteiger partial charge in [0.2, 0.25) is 5.91 Å². The first-order valence-electron chi connectivity index (χ1n) is 14.9. The molecule has 0 fully saturated rings. The molecule has 0 heterocycles. The average molecular weight is 488 g/mol. The van der Waals surface area contributed by atoms with Crippen LogP contribution in [-0.2, 0) is 4.79 Å². The summed E-state index contributed by atoms with van der Waals surface area (Å²) in [4.78, 5) is 17.7. The highest BCUT2D eigenvalue weighted by molar-refractivity contribution is 5.94. The highest BCUT2D eigenvalue weighted by Crippen LogP contribution is 2.23. The second kappa shape index (κ2) is 20.6. The molecular formula is C31H57N3O. The SMILES string of the molecule is CCCCCCCCCCCCCCCC(=O)N(c1ccc(N)cc1)[C@@H](C)CCCN(CC)CC. The Hall–Kier alpha value is -1.55. The van der Waals surface area contributed by atoms with Crippen molar-refractivity contribution in [2.24, 2.45) is 0 Å². The lowest BCUT2D eigenvalue weighted by Gasteiger charge is -2.30. The summed E-state index contributed by atoms with van der Waals surface area (Å²) in [7, 11) is 0. The number of nitrogens with two attached hydrogens (primary N) is 1. The monoisotopic (exact) mass is 487 g/mol. The van der Waals surface area contributed by atoms with Crippen molar-refractivity contribution in [2.75, 3.05) is 30.3 Å². The van der Waals surface area contributed by atoms with Crippen LogP contribution in [0, 0.1) is 0 Å². The first-order valence-corrected chi connectivity index (χ1v) is 14.9. The maximum atomic E-state index is 13.3. The summed E-state index contributed by atoms with van der Waals surface area (Å²) in [6.07, 6.45) is 20.0. The number of carbonyl (C=O) groups excluding carboxylic acids is 1. The van der Waals surface area contributed by atoms with Crippen molar-refractivity contribution in [3.8, 4) is 0 Å². The van der Waals surface area contributed by atoms with Crippen LogP contribution in [0.4, 0.5) is 11.4 Å². The molecule has 1 atom stereocenters. The highest BCUT2D eigenvalue weighted by atomic mass is 16.2. The second-order valence-corrected chi connectivity index (χ2v) is 10.4. The zero-order valence-electron chi connectivity index (χ0n) is 23.7. The van der Waals surface area contributed by atoms with E-state index in [2.05, 4.69) is 32.6 Å². The van der Waals surface area contributed by atoms with E-state index in [1.54, 1.807) is 0 Å². The molecule has 0 aromatic heterocycles. The zero-order chi connectivity index (χ0) is 25.7. The standard InChI is InChI=1S/C31H57N3O/c1-5-8-9-10-11-12-13-14-15-16-17-18-19-22-31(35)34(30-25-23-29(32)24-26-30)28(4)21-20-27-33(6-2)7-3/h23-26,28H,5-22,27,32H2,1-4H3/t28-/m0/s1. The van der Waals surface area contributed by atoms with Gasteiger partial charge in [0.15, 0.2) is 0 Å². The summed E-state index contributed by atoms with van der Waals surface area (Å²) in [6, 6.07) is 8.01. The number of amides is 1. The fraction of sp³-hybridized carbons (Fsp3) is 0.774. The molecule has 0 aliphatic carbocycles. The summed E-state index contributed by atoms with van der Waals surface area (Å²) in [5.74, 6) is 0.258. The Morgan fingerprint density at radius 3 is 1.71 bits per heavy atom. The first kappa shape index (κ1) is 31.5. The minimum Gasteiger partial charge on any atom is -0.399 e. The Morgan fingerprint density at radius 1 is 0.743 bits per heavy atom. The third-order valence-electron chi connectivity index (χ3n) is 7.37. The number of benzene rings is 1. The lowest BCUT2D eigenvalue weighted by Crippen LogP contribution is -2.39. The molecule has 202 valence electrons. The van der Waals surface area contributed by atoms with Crippen molar-refractivity contribution in [3.63, 3.8) is 0 Å². The largest absolute Gasteiger partial charge is 0.399 e. The average Bonchev–Trinajstić information content (AvgIpc) is 2.86. The minimum atomic E-state index is 0.198. The van der Waals surface area contributed by atoms with E-state index in [4.69, 9.17) is 5.73 Å². The van der Waals surface area contributed by atoms with Gasteiger partial charge < -0.3 is 15.5 Å². The van der Waals surface area contributed by atoms with Gasteiger partial charge in [0.05, 0.1) is 0 Å². The minimum absolute atomic E-state index is 0.198. The van der Waals surface area contributed by atoms with Crippen molar-refractivity contribution in [2.45, 2.75) is 136 Å². The Kier molecular flexibility index (Phi) is 18.5. The van der Waals surface area contributed by atoms with Crippen molar-refractivity contribution >= 4 is 17.3 Å². The molecule has 4 heteroatoms. The fourth-order valence-corrected chi connectivity index (χ4v) is 4.97. The summed E-state index contributed by atoms with van der Waals surface area (Å²) >= 11 is 0. The molecule has 4 nitrogen and oxygen atoms in total. The molecule has 2 N–H and O–H groups in total. The van der Waals surface area contributed by atoms with E-state index in [0.717, 1.165) is 56.7 Å². The van der Waals surface area contributed by atoms with E-state index < -0.39 is 0 Å². The van der Waals surface area contributed by atoms with Crippen LogP contribution in [-0.4, -0.2) is 36.5 Å². The zero-order valence-corrected chi connectivity index (χ0v) is 23.7. The second-order valence-electron chi connectivity index (χ2n) is 10.4. The predicted octanol–water partition coefficient (Wildman–Crippen LogP) is 8.59. The van der Waals surface area contributed by atoms with Gasteiger partial charge in [-0.15, -0.1) is 0 Å². The van der Waals surface area contributed by atoms with Gasteiger partial charge in [-0.25, -0.2) is 0 Å². The van der Waals surface area contributed by atoms with Crippen LogP contribution in [0.15, 0.2) is 24.3 Å². The number of anilines is 2. The maximum absolute atomic E-state index is 13.3. The summed E-state index contributed by atoms with van der Waals surface area (Å²) in [5.41, 5.74) is 7.63. The van der Waals surface area contributed by atoms with Gasteiger partial charge >= 0.3 is 0 Å². The molecule has 1 rings (SSSR count). The third kappa shape index (κ3) is 14.6. The van der Waals surface area contributed by atoms with Gasteiger partial charge in [0.25, 0.3) is 0 Å². The molecule has 0 unspecified atom stereocenters. The van der Waals surface area contributed by atoms with Gasteiger partial charge in [-0.3, -0.25) is 4.79 Å². The molecule has 1 amide bonds. The van der Waals surface area contributed by atoms with Gasteiger partial charge in [0.1, 0.15) is 0 Å². The van der Waals surface area contributed by atoms with Gasteiger partial charge in [0, 0.05) is 23.8 Å². The molecule has 1 aromatic carbocycles. The fourth-order valence-electron chi connectivity index (χ4n) is 4.97. The molecule has 0 saturated heterocycles. The number of nitrogens with zero attached hydrogens (tertiary/aromatic N) is 2. The molecule has 0 aliphatic heterocycles. The molecule has 1 aromatic rings. The van der Waals surface area contributed by atoms with Crippen molar-refractivity contribution in [1.29, 1.82) is 0 Å². The molecule has 35 heavy (non-hydrogen) atoms. The number of hydrogen-bond acceptors (Lipinski definition) is 3. The Balaban J connectivity index is 2.34. The van der Waals surface area contributed by atoms with Crippen LogP contribution in [0.5, 0.6) is 0 Å². The van der Waals surface area contributed by atoms with Crippen LogP contribution in [0.25, 0.3) is 0 Å². The normalized spacial score (nSPS) is 12.3. The van der Waals surface area contributed by atoms with Crippen molar-refractivity contribution in [1.82, 2.24) is 4.90 Å². The number of carbonyl (C=O) groups is 1. The third-order valence-corrected chi connectivity index (χ3v) is 7.37. The van der Waals surface area contributed by atoms with Crippen molar-refractivity contribution < 1.29 is 4.79 Å². The van der Waals surface area contributed by atoms with Crippen LogP contribution in [0.3, 0.4) is 0 Å². The first-order chi connectivity index (χ1) is 17.0. The lowest BCUT2D eigenvalue weighted by atomic mass is 10.0. The smallest absolute Gasteiger partial charge is 0.227 e. The summed E-state index contributed by atoms with van der Waals surface area (Å²) < 4.78 is 0. The van der Waals surface area contributed by atoms with E-state index in [0.29, 0.717) is 6.42 Å². The molecule has 0 bridgehead atoms. The van der Waals surface area contributed by atoms with E-state index in [-0.39, 0.29) is 11.9 Å². The van der Waals surface area contributed by atoms with Gasteiger partial charge in [-0.2, -0.15) is 0 Å². The maximum Gasteiger partial charge on any atom is 0.227 e. The molecule has 0 aliphatic rings. The topological polar surface area (TPSA) is 49.6 Å². The molecular weight excluding hydrogens is 430 g/mol. The molecule has 0 spiro atoms. The van der Waals surface area contributed by atoms with E-state index in [1.807, 2.05) is 29.2 Å². The molecule has 0 radical (unpaired) electrons. The van der Waals surface area contributed by atoms with E-state index in [9.17, 15) is 4.79 Å². The lowest BCUT2D eigenvalue weighted by molar-refractivity contribution is -0.119. The molecule has 0 saturated carbocycles. The van der Waals surface area contributed by atoms with Crippen molar-refractivity contribution in [3.05, 3.63) is 24.3 Å². The number of rotatable bonds is 22. The van der Waals surface area contributed by atoms with Crippen LogP contribution >= 0.6 is 0 Å². The quantitative estimate of drug-likeness (QED) is 0.132. The number of unbranched alkanes of at least 4 members (excludes halogenated alkanes) is 12. The van der Waals surface area contributed by atoms with Gasteiger partial charge in [-0.1, -0.05) is 97.8 Å². The van der Waals surface area contributed by atoms with Crippen LogP contribution in [0.2, 0.25) is 0 Å². The van der Waals surface area contributed by atoms with E-state index in [1.165, 1.54) is 70.6 Å². The summed E-state index contributed by atoms with van der Waals surface area (Å²) in [6.45, 7) is 12.2.